The van der Waals surface area contributed by atoms with Crippen LogP contribution in [0.25, 0.3) is 21.7 Å². The van der Waals surface area contributed by atoms with Crippen LogP contribution in [-0.2, 0) is 9.53 Å². The number of rotatable bonds is 4. The van der Waals surface area contributed by atoms with Crippen LogP contribution >= 0.6 is 0 Å². The minimum absolute atomic E-state index is 0.120. The molecule has 2 N–H and O–H groups in total. The van der Waals surface area contributed by atoms with Gasteiger partial charge >= 0.3 is 5.97 Å². The van der Waals surface area contributed by atoms with Gasteiger partial charge in [0, 0.05) is 22.7 Å². The summed E-state index contributed by atoms with van der Waals surface area (Å²) in [4.78, 5) is 39.6. The molecule has 6 heteroatoms. The number of carbonyl (C=O) groups excluding carboxylic acids is 2. The summed E-state index contributed by atoms with van der Waals surface area (Å²) in [5.74, 6) is -1.18. The second kappa shape index (κ2) is 7.59. The summed E-state index contributed by atoms with van der Waals surface area (Å²) < 4.78 is 5.32. The lowest BCUT2D eigenvalue weighted by atomic mass is 10.1. The highest BCUT2D eigenvalue weighted by Crippen LogP contribution is 2.20. The molecule has 1 heterocycles. The molecule has 0 spiro atoms. The Bertz CT molecular complexity index is 1290. The molecule has 1 amide bonds. The summed E-state index contributed by atoms with van der Waals surface area (Å²) in [6, 6.07) is 21.5. The Balaban J connectivity index is 1.51. The first kappa shape index (κ1) is 18.4. The average Bonchev–Trinajstić information content (AvgIpc) is 2.72. The molecule has 0 aliphatic carbocycles. The van der Waals surface area contributed by atoms with Crippen LogP contribution in [0.4, 0.5) is 5.69 Å². The number of benzene rings is 3. The molecule has 0 bridgehead atoms. The Morgan fingerprint density at radius 3 is 2.48 bits per heavy atom. The van der Waals surface area contributed by atoms with E-state index in [0.717, 1.165) is 10.8 Å². The van der Waals surface area contributed by atoms with E-state index in [1.54, 1.807) is 30.3 Å². The van der Waals surface area contributed by atoms with Crippen molar-refractivity contribution in [3.8, 4) is 0 Å². The molecule has 0 saturated carbocycles. The van der Waals surface area contributed by atoms with E-state index in [-0.39, 0.29) is 5.56 Å². The number of amides is 1. The van der Waals surface area contributed by atoms with Gasteiger partial charge in [0.15, 0.2) is 6.10 Å². The highest BCUT2D eigenvalue weighted by atomic mass is 16.5. The second-order valence-electron chi connectivity index (χ2n) is 6.69. The van der Waals surface area contributed by atoms with Gasteiger partial charge in [-0.1, -0.05) is 48.5 Å². The maximum atomic E-state index is 12.6. The fourth-order valence-electron chi connectivity index (χ4n) is 3.16. The van der Waals surface area contributed by atoms with Gasteiger partial charge in [-0.3, -0.25) is 9.59 Å². The number of carbonyl (C=O) groups is 2. The molecule has 3 aromatic carbocycles. The Morgan fingerprint density at radius 1 is 0.931 bits per heavy atom. The van der Waals surface area contributed by atoms with Gasteiger partial charge in [0.05, 0.1) is 5.56 Å². The molecule has 0 unspecified atom stereocenters. The molecule has 0 saturated heterocycles. The highest BCUT2D eigenvalue weighted by molar-refractivity contribution is 6.05. The minimum atomic E-state index is -1.04. The summed E-state index contributed by atoms with van der Waals surface area (Å²) in [5, 5.41) is 5.36. The number of aromatic amines is 1. The van der Waals surface area contributed by atoms with E-state index in [2.05, 4.69) is 10.3 Å². The molecule has 0 aliphatic rings. The van der Waals surface area contributed by atoms with Crippen molar-refractivity contribution < 1.29 is 14.3 Å². The number of H-pyrrole nitrogens is 1. The smallest absolute Gasteiger partial charge is 0.339 e. The number of nitrogens with one attached hydrogen (secondary N) is 2. The van der Waals surface area contributed by atoms with Crippen LogP contribution < -0.4 is 10.9 Å². The van der Waals surface area contributed by atoms with Crippen LogP contribution in [0.3, 0.4) is 0 Å². The summed E-state index contributed by atoms with van der Waals surface area (Å²) in [6.45, 7) is 1.49. The third-order valence-corrected chi connectivity index (χ3v) is 4.64. The van der Waals surface area contributed by atoms with Crippen molar-refractivity contribution in [2.75, 3.05) is 5.32 Å². The molecular formula is C23H18N2O4. The summed E-state index contributed by atoms with van der Waals surface area (Å²) in [7, 11) is 0. The average molecular weight is 386 g/mol. The Morgan fingerprint density at radius 2 is 1.66 bits per heavy atom. The topological polar surface area (TPSA) is 88.3 Å². The number of fused-ring (bicyclic) bond motifs is 2. The lowest BCUT2D eigenvalue weighted by Gasteiger charge is -2.14. The molecule has 4 aromatic rings. The van der Waals surface area contributed by atoms with Gasteiger partial charge < -0.3 is 15.0 Å². The molecule has 29 heavy (non-hydrogen) atoms. The van der Waals surface area contributed by atoms with Crippen LogP contribution in [0.5, 0.6) is 0 Å². The monoisotopic (exact) mass is 386 g/mol. The zero-order chi connectivity index (χ0) is 20.4. The normalized spacial score (nSPS) is 11.9. The Hall–Kier alpha value is -3.93. The lowest BCUT2D eigenvalue weighted by molar-refractivity contribution is -0.123. The largest absolute Gasteiger partial charge is 0.449 e. The zero-order valence-electron chi connectivity index (χ0n) is 15.6. The van der Waals surface area contributed by atoms with Gasteiger partial charge in [-0.25, -0.2) is 4.79 Å². The first-order valence-corrected chi connectivity index (χ1v) is 9.14. The van der Waals surface area contributed by atoms with Gasteiger partial charge in [0.2, 0.25) is 5.56 Å². The van der Waals surface area contributed by atoms with Crippen LogP contribution in [-0.4, -0.2) is 23.0 Å². The maximum absolute atomic E-state index is 12.6. The van der Waals surface area contributed by atoms with Gasteiger partial charge in [0.1, 0.15) is 0 Å². The molecule has 0 radical (unpaired) electrons. The van der Waals surface area contributed by atoms with E-state index in [0.29, 0.717) is 16.6 Å². The minimum Gasteiger partial charge on any atom is -0.449 e. The number of para-hydroxylation sites is 1. The van der Waals surface area contributed by atoms with Gasteiger partial charge in [-0.05, 0) is 35.9 Å². The number of ether oxygens (including phenoxy) is 1. The second-order valence-corrected chi connectivity index (χ2v) is 6.69. The van der Waals surface area contributed by atoms with Crippen molar-refractivity contribution in [2.24, 2.45) is 0 Å². The summed E-state index contributed by atoms with van der Waals surface area (Å²) in [5.41, 5.74) is 0.844. The van der Waals surface area contributed by atoms with E-state index >= 15 is 0 Å². The fourth-order valence-corrected chi connectivity index (χ4v) is 3.16. The van der Waals surface area contributed by atoms with Crippen LogP contribution in [0.1, 0.15) is 17.3 Å². The zero-order valence-corrected chi connectivity index (χ0v) is 15.6. The van der Waals surface area contributed by atoms with Gasteiger partial charge in [-0.2, -0.15) is 0 Å². The molecule has 6 nitrogen and oxygen atoms in total. The maximum Gasteiger partial charge on any atom is 0.339 e. The standard InChI is InChI=1S/C23H18N2O4/c1-14(22(27)24-17-11-10-15-6-2-3-7-16(15)12-17)29-23(28)19-13-21(26)25-20-9-5-4-8-18(19)20/h2-14H,1H3,(H,24,27)(H,25,26)/t14-/m0/s1. The lowest BCUT2D eigenvalue weighted by Crippen LogP contribution is -2.30. The van der Waals surface area contributed by atoms with E-state index < -0.39 is 23.5 Å². The summed E-state index contributed by atoms with van der Waals surface area (Å²) >= 11 is 0. The SMILES string of the molecule is C[C@H](OC(=O)c1cc(=O)[nH]c2ccccc12)C(=O)Nc1ccc2ccccc2c1. The Kier molecular flexibility index (Phi) is 4.83. The molecule has 0 fully saturated rings. The van der Waals surface area contributed by atoms with E-state index in [1.807, 2.05) is 36.4 Å². The fraction of sp³-hybridized carbons (Fsp3) is 0.0870. The third kappa shape index (κ3) is 3.87. The van der Waals surface area contributed by atoms with E-state index in [9.17, 15) is 14.4 Å². The van der Waals surface area contributed by atoms with Crippen molar-refractivity contribution in [1.29, 1.82) is 0 Å². The van der Waals surface area contributed by atoms with Crippen molar-refractivity contribution >= 4 is 39.2 Å². The van der Waals surface area contributed by atoms with Crippen molar-refractivity contribution in [3.63, 3.8) is 0 Å². The molecule has 0 aliphatic heterocycles. The van der Waals surface area contributed by atoms with Crippen molar-refractivity contribution in [1.82, 2.24) is 4.98 Å². The predicted octanol–water partition coefficient (Wildman–Crippen LogP) is 3.87. The molecule has 1 aromatic heterocycles. The highest BCUT2D eigenvalue weighted by Gasteiger charge is 2.21. The number of aromatic nitrogens is 1. The number of esters is 1. The molecular weight excluding hydrogens is 368 g/mol. The van der Waals surface area contributed by atoms with Gasteiger partial charge in [-0.15, -0.1) is 0 Å². The molecule has 4 rings (SSSR count). The predicted molar refractivity (Wildman–Crippen MR) is 112 cm³/mol. The van der Waals surface area contributed by atoms with E-state index in [4.69, 9.17) is 4.74 Å². The number of anilines is 1. The van der Waals surface area contributed by atoms with Crippen molar-refractivity contribution in [2.45, 2.75) is 13.0 Å². The Labute approximate surface area is 166 Å². The van der Waals surface area contributed by atoms with Crippen LogP contribution in [0.15, 0.2) is 77.6 Å². The molecule has 1 atom stereocenters. The number of hydrogen-bond donors (Lipinski definition) is 2. The quantitative estimate of drug-likeness (QED) is 0.521. The third-order valence-electron chi connectivity index (χ3n) is 4.64. The van der Waals surface area contributed by atoms with Gasteiger partial charge in [0.25, 0.3) is 5.91 Å². The van der Waals surface area contributed by atoms with Crippen LogP contribution in [0, 0.1) is 0 Å². The van der Waals surface area contributed by atoms with Crippen molar-refractivity contribution in [3.05, 3.63) is 88.7 Å². The number of hydrogen-bond acceptors (Lipinski definition) is 4. The summed E-state index contributed by atoms with van der Waals surface area (Å²) in [6.07, 6.45) is -1.04. The number of pyridine rings is 1. The molecule has 144 valence electrons. The first-order chi connectivity index (χ1) is 14.0. The first-order valence-electron chi connectivity index (χ1n) is 9.14. The van der Waals surface area contributed by atoms with E-state index in [1.165, 1.54) is 13.0 Å². The van der Waals surface area contributed by atoms with Crippen LogP contribution in [0.2, 0.25) is 0 Å².